The molecule has 2 aromatic carbocycles. The number of fused-ring (bicyclic) bond motifs is 2. The van der Waals surface area contributed by atoms with Gasteiger partial charge in [0.1, 0.15) is 12.4 Å². The molecule has 1 unspecified atom stereocenters. The fraction of sp³-hybridized carbons (Fsp3) is 0.292. The van der Waals surface area contributed by atoms with E-state index in [4.69, 9.17) is 9.47 Å². The van der Waals surface area contributed by atoms with Gasteiger partial charge in [0, 0.05) is 16.8 Å². The summed E-state index contributed by atoms with van der Waals surface area (Å²) < 4.78 is 44.3. The van der Waals surface area contributed by atoms with Crippen molar-refractivity contribution in [3.05, 3.63) is 71.8 Å². The molecule has 8 heteroatoms. The van der Waals surface area contributed by atoms with Crippen LogP contribution in [0.5, 0.6) is 5.75 Å². The number of hydrogen-bond donors (Lipinski definition) is 1. The summed E-state index contributed by atoms with van der Waals surface area (Å²) in [7, 11) is -4.32. The minimum atomic E-state index is -4.32. The van der Waals surface area contributed by atoms with E-state index in [1.54, 1.807) is 19.1 Å². The van der Waals surface area contributed by atoms with Gasteiger partial charge in [-0.3, -0.25) is 4.55 Å². The monoisotopic (exact) mass is 455 g/mol. The zero-order valence-electron chi connectivity index (χ0n) is 18.2. The van der Waals surface area contributed by atoms with Gasteiger partial charge in [0.2, 0.25) is 5.72 Å². The second-order valence-electron chi connectivity index (χ2n) is 8.52. The Labute approximate surface area is 187 Å². The Kier molecular flexibility index (Phi) is 5.18. The molecule has 1 N–H and O–H groups in total. The first-order valence-corrected chi connectivity index (χ1v) is 11.6. The molecule has 0 radical (unpaired) electrons. The maximum Gasteiger partial charge on any atom is 0.333 e. The molecule has 0 saturated heterocycles. The highest BCUT2D eigenvalue weighted by Gasteiger charge is 2.58. The SMILES string of the molecule is C=C(C)C(=O)OCCN1c2ccccc2C(C)(C)C12C=Cc1cc(S(=O)(=O)O)ccc1O2. The van der Waals surface area contributed by atoms with Crippen molar-refractivity contribution in [2.24, 2.45) is 0 Å². The Morgan fingerprint density at radius 2 is 1.94 bits per heavy atom. The molecule has 2 aliphatic rings. The van der Waals surface area contributed by atoms with E-state index in [1.165, 1.54) is 12.1 Å². The highest BCUT2D eigenvalue weighted by molar-refractivity contribution is 7.85. The van der Waals surface area contributed by atoms with Crippen molar-refractivity contribution < 1.29 is 27.2 Å². The van der Waals surface area contributed by atoms with Crippen molar-refractivity contribution in [2.45, 2.75) is 36.8 Å². The summed E-state index contributed by atoms with van der Waals surface area (Å²) in [4.78, 5) is 13.7. The highest BCUT2D eigenvalue weighted by Crippen LogP contribution is 2.54. The summed E-state index contributed by atoms with van der Waals surface area (Å²) >= 11 is 0. The second kappa shape index (κ2) is 7.50. The van der Waals surface area contributed by atoms with E-state index >= 15 is 0 Å². The van der Waals surface area contributed by atoms with E-state index in [2.05, 4.69) is 25.3 Å². The lowest BCUT2D eigenvalue weighted by Crippen LogP contribution is -2.60. The second-order valence-corrected chi connectivity index (χ2v) is 9.94. The molecule has 168 valence electrons. The summed E-state index contributed by atoms with van der Waals surface area (Å²) in [6, 6.07) is 12.2. The average molecular weight is 456 g/mol. The van der Waals surface area contributed by atoms with Crippen molar-refractivity contribution in [2.75, 3.05) is 18.1 Å². The molecule has 4 rings (SSSR count). The lowest BCUT2D eigenvalue weighted by atomic mass is 9.76. The molecule has 7 nitrogen and oxygen atoms in total. The number of para-hydroxylation sites is 1. The molecule has 0 bridgehead atoms. The minimum absolute atomic E-state index is 0.142. The van der Waals surface area contributed by atoms with Crippen LogP contribution in [0.4, 0.5) is 5.69 Å². The number of nitrogens with zero attached hydrogens (tertiary/aromatic N) is 1. The zero-order chi connectivity index (χ0) is 23.3. The first kappa shape index (κ1) is 22.1. The minimum Gasteiger partial charge on any atom is -0.463 e. The molecule has 0 amide bonds. The number of ether oxygens (including phenoxy) is 2. The van der Waals surface area contributed by atoms with Crippen LogP contribution >= 0.6 is 0 Å². The Hall–Kier alpha value is -3.10. The van der Waals surface area contributed by atoms with E-state index in [0.29, 0.717) is 23.4 Å². The summed E-state index contributed by atoms with van der Waals surface area (Å²) in [6.07, 6.45) is 3.69. The highest BCUT2D eigenvalue weighted by atomic mass is 32.2. The number of esters is 1. The molecule has 32 heavy (non-hydrogen) atoms. The van der Waals surface area contributed by atoms with E-state index in [9.17, 15) is 17.8 Å². The molecule has 2 aliphatic heterocycles. The first-order valence-electron chi connectivity index (χ1n) is 10.2. The van der Waals surface area contributed by atoms with E-state index < -0.39 is 27.2 Å². The quantitative estimate of drug-likeness (QED) is 0.414. The molecule has 0 fully saturated rings. The van der Waals surface area contributed by atoms with Gasteiger partial charge in [-0.1, -0.05) is 24.8 Å². The van der Waals surface area contributed by atoms with Crippen LogP contribution in [0.2, 0.25) is 0 Å². The summed E-state index contributed by atoms with van der Waals surface area (Å²) in [5, 5.41) is 0. The molecule has 0 aromatic heterocycles. The Morgan fingerprint density at radius 3 is 2.62 bits per heavy atom. The maximum atomic E-state index is 11.9. The fourth-order valence-electron chi connectivity index (χ4n) is 4.38. The average Bonchev–Trinajstić information content (AvgIpc) is 2.91. The fourth-order valence-corrected chi connectivity index (χ4v) is 4.90. The topological polar surface area (TPSA) is 93.1 Å². The lowest BCUT2D eigenvalue weighted by molar-refractivity contribution is -0.138. The molecule has 2 aromatic rings. The predicted molar refractivity (Wildman–Crippen MR) is 121 cm³/mol. The standard InChI is InChI=1S/C24H25NO6S/c1-16(2)22(26)30-14-13-25-20-8-6-5-7-19(20)23(3,4)24(25)12-11-17-15-18(32(27,28)29)9-10-21(17)31-24/h5-12,15H,1,13-14H2,2-4H3,(H,27,28,29). The molecule has 1 atom stereocenters. The Bertz CT molecular complexity index is 1250. The number of hydrogen-bond acceptors (Lipinski definition) is 6. The third-order valence-electron chi connectivity index (χ3n) is 6.09. The third kappa shape index (κ3) is 3.40. The summed E-state index contributed by atoms with van der Waals surface area (Å²) in [5.41, 5.74) is 1.50. The van der Waals surface area contributed by atoms with Gasteiger partial charge in [0.15, 0.2) is 0 Å². The Balaban J connectivity index is 1.75. The van der Waals surface area contributed by atoms with Crippen LogP contribution in [0.25, 0.3) is 6.08 Å². The van der Waals surface area contributed by atoms with Crippen molar-refractivity contribution in [3.63, 3.8) is 0 Å². The van der Waals surface area contributed by atoms with Crippen LogP contribution < -0.4 is 9.64 Å². The molecular formula is C24H25NO6S. The molecule has 1 spiro atoms. The number of rotatable bonds is 5. The lowest BCUT2D eigenvalue weighted by Gasteiger charge is -2.47. The van der Waals surface area contributed by atoms with Gasteiger partial charge in [0.25, 0.3) is 10.1 Å². The zero-order valence-corrected chi connectivity index (χ0v) is 19.0. The van der Waals surface area contributed by atoms with Crippen molar-refractivity contribution in [1.29, 1.82) is 0 Å². The summed E-state index contributed by atoms with van der Waals surface area (Å²) in [5.74, 6) is 0.0405. The maximum absolute atomic E-state index is 11.9. The van der Waals surface area contributed by atoms with Crippen molar-refractivity contribution in [3.8, 4) is 5.75 Å². The predicted octanol–water partition coefficient (Wildman–Crippen LogP) is 3.95. The number of benzene rings is 2. The first-order chi connectivity index (χ1) is 15.0. The largest absolute Gasteiger partial charge is 0.463 e. The number of carbonyl (C=O) groups is 1. The Morgan fingerprint density at radius 1 is 1.22 bits per heavy atom. The van der Waals surface area contributed by atoms with Gasteiger partial charge in [-0.05, 0) is 62.8 Å². The van der Waals surface area contributed by atoms with E-state index in [1.807, 2.05) is 30.3 Å². The smallest absolute Gasteiger partial charge is 0.333 e. The van der Waals surface area contributed by atoms with Gasteiger partial charge in [-0.15, -0.1) is 0 Å². The number of anilines is 1. The van der Waals surface area contributed by atoms with E-state index in [0.717, 1.165) is 11.3 Å². The molecular weight excluding hydrogens is 430 g/mol. The molecule has 0 aliphatic carbocycles. The summed E-state index contributed by atoms with van der Waals surface area (Å²) in [6.45, 7) is 9.89. The number of carbonyl (C=O) groups excluding carboxylic acids is 1. The molecule has 0 saturated carbocycles. The van der Waals surface area contributed by atoms with Crippen LogP contribution in [-0.2, 0) is 25.1 Å². The van der Waals surface area contributed by atoms with Crippen molar-refractivity contribution in [1.82, 2.24) is 0 Å². The van der Waals surface area contributed by atoms with Crippen LogP contribution in [0.1, 0.15) is 31.9 Å². The van der Waals surface area contributed by atoms with Crippen LogP contribution in [-0.4, -0.2) is 37.8 Å². The third-order valence-corrected chi connectivity index (χ3v) is 6.94. The van der Waals surface area contributed by atoms with E-state index in [-0.39, 0.29) is 11.5 Å². The van der Waals surface area contributed by atoms with Crippen molar-refractivity contribution >= 4 is 27.9 Å². The normalized spacial score (nSPS) is 20.4. The van der Waals surface area contributed by atoms with Crippen LogP contribution in [0.3, 0.4) is 0 Å². The van der Waals surface area contributed by atoms with Crippen LogP contribution in [0, 0.1) is 0 Å². The van der Waals surface area contributed by atoms with Crippen LogP contribution in [0.15, 0.2) is 65.6 Å². The van der Waals surface area contributed by atoms with Gasteiger partial charge in [-0.25, -0.2) is 4.79 Å². The van der Waals surface area contributed by atoms with Gasteiger partial charge in [-0.2, -0.15) is 8.42 Å². The van der Waals surface area contributed by atoms with Gasteiger partial charge in [0.05, 0.1) is 16.9 Å². The van der Waals surface area contributed by atoms with Gasteiger partial charge >= 0.3 is 5.97 Å². The van der Waals surface area contributed by atoms with Gasteiger partial charge < -0.3 is 14.4 Å². The molecule has 2 heterocycles.